The van der Waals surface area contributed by atoms with E-state index in [4.69, 9.17) is 11.6 Å². The van der Waals surface area contributed by atoms with Crippen LogP contribution in [0.5, 0.6) is 0 Å². The van der Waals surface area contributed by atoms with Gasteiger partial charge in [-0.25, -0.2) is 0 Å². The van der Waals surface area contributed by atoms with Crippen molar-refractivity contribution in [1.82, 2.24) is 5.32 Å². The Balaban J connectivity index is 1.66. The van der Waals surface area contributed by atoms with E-state index in [9.17, 15) is 9.90 Å². The molecule has 2 atom stereocenters. The minimum absolute atomic E-state index is 0.0543. The minimum atomic E-state index is -0.235. The van der Waals surface area contributed by atoms with E-state index in [1.165, 1.54) is 11.3 Å². The highest BCUT2D eigenvalue weighted by Gasteiger charge is 2.25. The molecule has 5 heteroatoms. The van der Waals surface area contributed by atoms with Crippen molar-refractivity contribution in [2.45, 2.75) is 38.2 Å². The first-order valence-electron chi connectivity index (χ1n) is 6.34. The van der Waals surface area contributed by atoms with E-state index in [1.54, 1.807) is 0 Å². The second-order valence-corrected chi connectivity index (χ2v) is 6.57. The molecular formula is C13H18ClNO2S. The highest BCUT2D eigenvalue weighted by atomic mass is 35.5. The Bertz CT molecular complexity index is 407. The number of hydrogen-bond acceptors (Lipinski definition) is 3. The first-order chi connectivity index (χ1) is 8.65. The Morgan fingerprint density at radius 2 is 2.33 bits per heavy atom. The third-order valence-electron chi connectivity index (χ3n) is 3.41. The molecule has 0 spiro atoms. The molecule has 100 valence electrons. The topological polar surface area (TPSA) is 49.3 Å². The molecule has 1 amide bonds. The lowest BCUT2D eigenvalue weighted by atomic mass is 10.1. The fourth-order valence-electron chi connectivity index (χ4n) is 2.31. The summed E-state index contributed by atoms with van der Waals surface area (Å²) in [5, 5.41) is 12.6. The maximum absolute atomic E-state index is 11.7. The van der Waals surface area contributed by atoms with Crippen LogP contribution in [0.4, 0.5) is 0 Å². The smallest absolute Gasteiger partial charge is 0.220 e. The van der Waals surface area contributed by atoms with Crippen molar-refractivity contribution < 1.29 is 9.90 Å². The van der Waals surface area contributed by atoms with Crippen LogP contribution in [0.25, 0.3) is 0 Å². The molecule has 0 aromatic carbocycles. The molecule has 1 aliphatic rings. The Kier molecular flexibility index (Phi) is 5.03. The number of aliphatic hydroxyl groups is 1. The van der Waals surface area contributed by atoms with Gasteiger partial charge in [0.1, 0.15) is 0 Å². The number of carbonyl (C=O) groups excluding carboxylic acids is 1. The summed E-state index contributed by atoms with van der Waals surface area (Å²) in [4.78, 5) is 12.8. The molecule has 1 aromatic rings. The van der Waals surface area contributed by atoms with Crippen LogP contribution in [-0.4, -0.2) is 23.7 Å². The maximum Gasteiger partial charge on any atom is 0.220 e. The summed E-state index contributed by atoms with van der Waals surface area (Å²) in [6.45, 7) is 0.602. The summed E-state index contributed by atoms with van der Waals surface area (Å²) in [6.07, 6.45) is 3.93. The van der Waals surface area contributed by atoms with E-state index < -0.39 is 0 Å². The number of thiophene rings is 1. The molecule has 1 saturated carbocycles. The van der Waals surface area contributed by atoms with E-state index in [1.807, 2.05) is 12.1 Å². The number of carbonyl (C=O) groups is 1. The van der Waals surface area contributed by atoms with Crippen LogP contribution in [0.15, 0.2) is 12.1 Å². The van der Waals surface area contributed by atoms with Crippen LogP contribution >= 0.6 is 22.9 Å². The van der Waals surface area contributed by atoms with Gasteiger partial charge in [0.05, 0.1) is 10.4 Å². The third kappa shape index (κ3) is 3.97. The van der Waals surface area contributed by atoms with E-state index in [2.05, 4.69) is 5.32 Å². The molecule has 1 heterocycles. The lowest BCUT2D eigenvalue weighted by molar-refractivity contribution is -0.121. The summed E-state index contributed by atoms with van der Waals surface area (Å²) < 4.78 is 0.763. The second kappa shape index (κ2) is 6.55. The van der Waals surface area contributed by atoms with Crippen LogP contribution < -0.4 is 5.32 Å². The summed E-state index contributed by atoms with van der Waals surface area (Å²) in [7, 11) is 0. The van der Waals surface area contributed by atoms with Gasteiger partial charge in [-0.2, -0.15) is 0 Å². The molecule has 1 aromatic heterocycles. The van der Waals surface area contributed by atoms with E-state index in [0.717, 1.165) is 34.9 Å². The number of aliphatic hydroxyl groups excluding tert-OH is 1. The summed E-state index contributed by atoms with van der Waals surface area (Å²) in [5.41, 5.74) is 0. The van der Waals surface area contributed by atoms with Gasteiger partial charge in [0, 0.05) is 23.8 Å². The lowest BCUT2D eigenvalue weighted by Crippen LogP contribution is -2.32. The van der Waals surface area contributed by atoms with Gasteiger partial charge >= 0.3 is 0 Å². The van der Waals surface area contributed by atoms with Gasteiger partial charge in [-0.15, -0.1) is 11.3 Å². The molecule has 0 aliphatic heterocycles. The number of halogens is 1. The van der Waals surface area contributed by atoms with Gasteiger partial charge < -0.3 is 10.4 Å². The zero-order valence-corrected chi connectivity index (χ0v) is 11.8. The fraction of sp³-hybridized carbons (Fsp3) is 0.615. The van der Waals surface area contributed by atoms with Gasteiger partial charge in [-0.1, -0.05) is 18.0 Å². The first kappa shape index (κ1) is 13.8. The SMILES string of the molecule is O=C(CCc1ccc(Cl)s1)NC[C@@H]1CCC[C@H]1O. The molecule has 0 radical (unpaired) electrons. The van der Waals surface area contributed by atoms with Crippen molar-refractivity contribution in [3.8, 4) is 0 Å². The molecule has 0 bridgehead atoms. The highest BCUT2D eigenvalue weighted by molar-refractivity contribution is 7.16. The molecule has 2 N–H and O–H groups in total. The van der Waals surface area contributed by atoms with Crippen LogP contribution in [0, 0.1) is 5.92 Å². The van der Waals surface area contributed by atoms with Crippen molar-refractivity contribution in [3.05, 3.63) is 21.3 Å². The van der Waals surface area contributed by atoms with Gasteiger partial charge in [-0.3, -0.25) is 4.79 Å². The molecule has 0 saturated heterocycles. The van der Waals surface area contributed by atoms with Crippen LogP contribution in [-0.2, 0) is 11.2 Å². The fourth-order valence-corrected chi connectivity index (χ4v) is 3.40. The monoisotopic (exact) mass is 287 g/mol. The number of amides is 1. The normalized spacial score (nSPS) is 23.2. The van der Waals surface area contributed by atoms with Crippen molar-refractivity contribution in [2.24, 2.45) is 5.92 Å². The highest BCUT2D eigenvalue weighted by Crippen LogP contribution is 2.25. The van der Waals surface area contributed by atoms with Gasteiger partial charge in [0.15, 0.2) is 0 Å². The zero-order chi connectivity index (χ0) is 13.0. The van der Waals surface area contributed by atoms with E-state index in [0.29, 0.717) is 13.0 Å². The summed E-state index contributed by atoms with van der Waals surface area (Å²) in [5.74, 6) is 0.295. The Morgan fingerprint density at radius 3 is 2.94 bits per heavy atom. The van der Waals surface area contributed by atoms with Crippen molar-refractivity contribution >= 4 is 28.8 Å². The van der Waals surface area contributed by atoms with E-state index in [-0.39, 0.29) is 17.9 Å². The van der Waals surface area contributed by atoms with Crippen molar-refractivity contribution in [2.75, 3.05) is 6.54 Å². The van der Waals surface area contributed by atoms with Crippen LogP contribution in [0.2, 0.25) is 4.34 Å². The molecular weight excluding hydrogens is 270 g/mol. The molecule has 18 heavy (non-hydrogen) atoms. The standard InChI is InChI=1S/C13H18ClNO2S/c14-12-6-4-10(18-12)5-7-13(17)15-8-9-2-1-3-11(9)16/h4,6,9,11,16H,1-3,5,7-8H2,(H,15,17)/t9-,11+/m0/s1. The zero-order valence-electron chi connectivity index (χ0n) is 10.2. The van der Waals surface area contributed by atoms with Crippen molar-refractivity contribution in [1.29, 1.82) is 0 Å². The molecule has 0 unspecified atom stereocenters. The van der Waals surface area contributed by atoms with Gasteiger partial charge in [0.25, 0.3) is 0 Å². The van der Waals surface area contributed by atoms with Gasteiger partial charge in [-0.05, 0) is 31.4 Å². The minimum Gasteiger partial charge on any atom is -0.393 e. The summed E-state index contributed by atoms with van der Waals surface area (Å²) in [6, 6.07) is 3.81. The Labute approximate surface area is 116 Å². The summed E-state index contributed by atoms with van der Waals surface area (Å²) >= 11 is 7.35. The largest absolute Gasteiger partial charge is 0.393 e. The van der Waals surface area contributed by atoms with Crippen LogP contribution in [0.3, 0.4) is 0 Å². The number of hydrogen-bond donors (Lipinski definition) is 2. The predicted octanol–water partition coefficient (Wildman–Crippen LogP) is 2.61. The van der Waals surface area contributed by atoms with Crippen molar-refractivity contribution in [3.63, 3.8) is 0 Å². The lowest BCUT2D eigenvalue weighted by Gasteiger charge is -2.14. The number of aryl methyl sites for hydroxylation is 1. The second-order valence-electron chi connectivity index (χ2n) is 4.77. The molecule has 2 rings (SSSR count). The molecule has 3 nitrogen and oxygen atoms in total. The number of rotatable bonds is 5. The maximum atomic E-state index is 11.7. The average Bonchev–Trinajstić information content (AvgIpc) is 2.93. The quantitative estimate of drug-likeness (QED) is 0.875. The Morgan fingerprint density at radius 1 is 1.50 bits per heavy atom. The van der Waals surface area contributed by atoms with Crippen LogP contribution in [0.1, 0.15) is 30.6 Å². The van der Waals surface area contributed by atoms with E-state index >= 15 is 0 Å². The predicted molar refractivity (Wildman–Crippen MR) is 74.0 cm³/mol. The third-order valence-corrected chi connectivity index (χ3v) is 4.70. The number of nitrogens with one attached hydrogen (secondary N) is 1. The molecule has 1 aliphatic carbocycles. The average molecular weight is 288 g/mol. The Hall–Kier alpha value is -0.580. The van der Waals surface area contributed by atoms with Gasteiger partial charge in [0.2, 0.25) is 5.91 Å². The molecule has 1 fully saturated rings. The first-order valence-corrected chi connectivity index (χ1v) is 7.53.